The second-order valence-electron chi connectivity index (χ2n) is 4.61. The summed E-state index contributed by atoms with van der Waals surface area (Å²) in [7, 11) is 0. The Balaban J connectivity index is 1.99. The highest BCUT2D eigenvalue weighted by molar-refractivity contribution is 7.79. The van der Waals surface area contributed by atoms with Gasteiger partial charge in [-0.05, 0) is 12.1 Å². The fourth-order valence-electron chi connectivity index (χ4n) is 1.90. The molecule has 9 heteroatoms. The van der Waals surface area contributed by atoms with Crippen molar-refractivity contribution in [3.05, 3.63) is 51.8 Å². The number of rotatable bonds is 8. The van der Waals surface area contributed by atoms with Crippen molar-refractivity contribution in [1.29, 1.82) is 0 Å². The third-order valence-electron chi connectivity index (χ3n) is 2.97. The first-order valence-electron chi connectivity index (χ1n) is 6.93. The molecular weight excluding hydrogens is 340 g/mol. The van der Waals surface area contributed by atoms with Crippen LogP contribution < -0.4 is 10.9 Å². The minimum absolute atomic E-state index is 0.125. The van der Waals surface area contributed by atoms with Crippen LogP contribution in [-0.2, 0) is 28.2 Å². The Bertz CT molecular complexity index is 724. The SMILES string of the molecule is CS(=O)OCCn1c(Cl)cnc(NCCc2ccccn2)c1=O. The van der Waals surface area contributed by atoms with E-state index in [1.807, 2.05) is 18.2 Å². The van der Waals surface area contributed by atoms with Crippen LogP contribution in [0.3, 0.4) is 0 Å². The number of pyridine rings is 1. The van der Waals surface area contributed by atoms with Crippen molar-refractivity contribution in [3.8, 4) is 0 Å². The maximum absolute atomic E-state index is 12.3. The van der Waals surface area contributed by atoms with Gasteiger partial charge in [-0.25, -0.2) is 9.19 Å². The lowest BCUT2D eigenvalue weighted by Crippen LogP contribution is -2.27. The van der Waals surface area contributed by atoms with E-state index < -0.39 is 11.1 Å². The number of hydrogen-bond donors (Lipinski definition) is 1. The predicted octanol–water partition coefficient (Wildman–Crippen LogP) is 1.26. The molecule has 1 unspecified atom stereocenters. The van der Waals surface area contributed by atoms with Gasteiger partial charge in [0, 0.05) is 31.1 Å². The van der Waals surface area contributed by atoms with Crippen molar-refractivity contribution in [1.82, 2.24) is 14.5 Å². The van der Waals surface area contributed by atoms with Crippen molar-refractivity contribution in [2.75, 3.05) is 24.7 Å². The normalized spacial score (nSPS) is 12.1. The number of nitrogens with one attached hydrogen (secondary N) is 1. The predicted molar refractivity (Wildman–Crippen MR) is 90.0 cm³/mol. The van der Waals surface area contributed by atoms with E-state index >= 15 is 0 Å². The molecule has 0 aliphatic carbocycles. The molecular formula is C14H17ClN4O3S. The Morgan fingerprint density at radius 3 is 2.91 bits per heavy atom. The first-order valence-corrected chi connectivity index (χ1v) is 8.80. The zero-order chi connectivity index (χ0) is 16.7. The molecule has 0 saturated carbocycles. The van der Waals surface area contributed by atoms with Crippen molar-refractivity contribution in [2.45, 2.75) is 13.0 Å². The fourth-order valence-corrected chi connectivity index (χ4v) is 2.42. The van der Waals surface area contributed by atoms with Crippen LogP contribution in [0.25, 0.3) is 0 Å². The van der Waals surface area contributed by atoms with Crippen molar-refractivity contribution in [3.63, 3.8) is 0 Å². The number of anilines is 1. The number of aromatic nitrogens is 3. The minimum Gasteiger partial charge on any atom is -0.365 e. The molecule has 0 bridgehead atoms. The van der Waals surface area contributed by atoms with Gasteiger partial charge in [-0.1, -0.05) is 17.7 Å². The number of halogens is 1. The fraction of sp³-hybridized carbons (Fsp3) is 0.357. The summed E-state index contributed by atoms with van der Waals surface area (Å²) in [5.74, 6) is 0.211. The quantitative estimate of drug-likeness (QED) is 0.766. The van der Waals surface area contributed by atoms with Crippen LogP contribution in [0.4, 0.5) is 5.82 Å². The third-order valence-corrected chi connectivity index (χ3v) is 3.77. The van der Waals surface area contributed by atoms with Gasteiger partial charge in [0.25, 0.3) is 5.56 Å². The third kappa shape index (κ3) is 5.42. The largest absolute Gasteiger partial charge is 0.365 e. The molecule has 0 aliphatic rings. The summed E-state index contributed by atoms with van der Waals surface area (Å²) in [5, 5.41) is 3.19. The van der Waals surface area contributed by atoms with E-state index in [9.17, 15) is 9.00 Å². The molecule has 0 aliphatic heterocycles. The maximum atomic E-state index is 12.3. The van der Waals surface area contributed by atoms with Crippen LogP contribution in [0.1, 0.15) is 5.69 Å². The Hall–Kier alpha value is -1.77. The molecule has 0 fully saturated rings. The molecule has 2 aromatic rings. The molecule has 1 atom stereocenters. The minimum atomic E-state index is -1.38. The smallest absolute Gasteiger partial charge is 0.294 e. The Labute approximate surface area is 141 Å². The summed E-state index contributed by atoms with van der Waals surface area (Å²) in [6.45, 7) is 0.852. The molecule has 2 rings (SSSR count). The van der Waals surface area contributed by atoms with Gasteiger partial charge < -0.3 is 5.32 Å². The Morgan fingerprint density at radius 1 is 1.39 bits per heavy atom. The second-order valence-corrected chi connectivity index (χ2v) is 6.03. The standard InChI is InChI=1S/C14H17ClN4O3S/c1-23(21)22-9-8-19-12(15)10-18-13(14(19)20)17-7-5-11-4-2-3-6-16-11/h2-4,6,10H,5,7-9H2,1H3,(H,17,18). The van der Waals surface area contributed by atoms with E-state index in [1.54, 1.807) is 6.20 Å². The molecule has 1 N–H and O–H groups in total. The van der Waals surface area contributed by atoms with Gasteiger partial charge in [0.2, 0.25) is 0 Å². The molecule has 124 valence electrons. The van der Waals surface area contributed by atoms with E-state index in [4.69, 9.17) is 15.8 Å². The lowest BCUT2D eigenvalue weighted by Gasteiger charge is -2.10. The zero-order valence-electron chi connectivity index (χ0n) is 12.6. The molecule has 7 nitrogen and oxygen atoms in total. The molecule has 2 heterocycles. The molecule has 23 heavy (non-hydrogen) atoms. The highest BCUT2D eigenvalue weighted by Gasteiger charge is 2.09. The molecule has 0 saturated heterocycles. The lowest BCUT2D eigenvalue weighted by molar-refractivity contribution is 0.326. The zero-order valence-corrected chi connectivity index (χ0v) is 14.1. The summed E-state index contributed by atoms with van der Waals surface area (Å²) < 4.78 is 17.1. The average Bonchev–Trinajstić information content (AvgIpc) is 2.53. The first-order chi connectivity index (χ1) is 11.1. The molecule has 0 aromatic carbocycles. The van der Waals surface area contributed by atoms with E-state index in [-0.39, 0.29) is 29.7 Å². The monoisotopic (exact) mass is 356 g/mol. The van der Waals surface area contributed by atoms with E-state index in [1.165, 1.54) is 17.0 Å². The Morgan fingerprint density at radius 2 is 2.22 bits per heavy atom. The maximum Gasteiger partial charge on any atom is 0.294 e. The van der Waals surface area contributed by atoms with Crippen LogP contribution in [0.5, 0.6) is 0 Å². The van der Waals surface area contributed by atoms with E-state index in [2.05, 4.69) is 15.3 Å². The molecule has 0 amide bonds. The molecule has 0 radical (unpaired) electrons. The lowest BCUT2D eigenvalue weighted by atomic mass is 10.3. The van der Waals surface area contributed by atoms with Gasteiger partial charge in [0.15, 0.2) is 16.9 Å². The molecule has 0 spiro atoms. The topological polar surface area (TPSA) is 86.1 Å². The van der Waals surface area contributed by atoms with E-state index in [0.29, 0.717) is 13.0 Å². The van der Waals surface area contributed by atoms with Gasteiger partial charge in [0.05, 0.1) is 19.3 Å². The average molecular weight is 357 g/mol. The van der Waals surface area contributed by atoms with Crippen molar-refractivity contribution >= 4 is 28.5 Å². The van der Waals surface area contributed by atoms with Gasteiger partial charge in [-0.2, -0.15) is 0 Å². The van der Waals surface area contributed by atoms with Gasteiger partial charge >= 0.3 is 0 Å². The first kappa shape index (κ1) is 17.6. The van der Waals surface area contributed by atoms with Crippen molar-refractivity contribution in [2.24, 2.45) is 0 Å². The van der Waals surface area contributed by atoms with Crippen LogP contribution in [-0.4, -0.2) is 38.2 Å². The number of nitrogens with zero attached hydrogens (tertiary/aromatic N) is 3. The van der Waals surface area contributed by atoms with Crippen molar-refractivity contribution < 1.29 is 8.39 Å². The summed E-state index contributed by atoms with van der Waals surface area (Å²) >= 11 is 4.60. The highest BCUT2D eigenvalue weighted by atomic mass is 35.5. The van der Waals surface area contributed by atoms with Crippen LogP contribution in [0.2, 0.25) is 5.15 Å². The van der Waals surface area contributed by atoms with Crippen LogP contribution >= 0.6 is 11.6 Å². The Kier molecular flexibility index (Phi) is 6.69. The van der Waals surface area contributed by atoms with Gasteiger partial charge in [-0.3, -0.25) is 18.5 Å². The summed E-state index contributed by atoms with van der Waals surface area (Å²) in [4.78, 5) is 20.5. The molecule has 2 aromatic heterocycles. The van der Waals surface area contributed by atoms with Gasteiger partial charge in [0.1, 0.15) is 5.15 Å². The van der Waals surface area contributed by atoms with Crippen LogP contribution in [0.15, 0.2) is 35.4 Å². The second kappa shape index (κ2) is 8.76. The van der Waals surface area contributed by atoms with E-state index in [0.717, 1.165) is 5.69 Å². The summed E-state index contributed by atoms with van der Waals surface area (Å²) in [6, 6.07) is 5.67. The van der Waals surface area contributed by atoms with Gasteiger partial charge in [-0.15, -0.1) is 0 Å². The summed E-state index contributed by atoms with van der Waals surface area (Å²) in [6.07, 6.45) is 5.21. The highest BCUT2D eigenvalue weighted by Crippen LogP contribution is 2.06. The van der Waals surface area contributed by atoms with Crippen LogP contribution in [0, 0.1) is 0 Å². The summed E-state index contributed by atoms with van der Waals surface area (Å²) in [5.41, 5.74) is 0.581. The number of hydrogen-bond acceptors (Lipinski definition) is 6.